The normalized spacial score (nSPS) is 18.4. The maximum Gasteiger partial charge on any atom is 0.416 e. The number of pyridine rings is 1. The SMILES string of the molecule is COc1c(-c2ccc(N3CC(C)OC(C)C3)cc2)cnc2c(-c3ccc(C(F)(F)F)cc3)cccc12. The monoisotopic (exact) mass is 492 g/mol. The number of fused-ring (bicyclic) bond motifs is 1. The molecule has 2 heterocycles. The molecule has 0 aliphatic carbocycles. The Hall–Kier alpha value is -3.58. The predicted molar refractivity (Wildman–Crippen MR) is 136 cm³/mol. The van der Waals surface area contributed by atoms with E-state index >= 15 is 0 Å². The number of aromatic nitrogens is 1. The van der Waals surface area contributed by atoms with Crippen molar-refractivity contribution in [1.29, 1.82) is 0 Å². The summed E-state index contributed by atoms with van der Waals surface area (Å²) in [5, 5.41) is 0.798. The quantitative estimate of drug-likeness (QED) is 0.302. The third-order valence-corrected chi connectivity index (χ3v) is 6.54. The third-order valence-electron chi connectivity index (χ3n) is 6.54. The third kappa shape index (κ3) is 4.63. The van der Waals surface area contributed by atoms with Gasteiger partial charge in [0.15, 0.2) is 0 Å². The summed E-state index contributed by atoms with van der Waals surface area (Å²) in [7, 11) is 1.62. The molecule has 1 aromatic heterocycles. The fourth-order valence-corrected chi connectivity index (χ4v) is 4.94. The summed E-state index contributed by atoms with van der Waals surface area (Å²) in [6, 6.07) is 19.1. The molecule has 7 heteroatoms. The summed E-state index contributed by atoms with van der Waals surface area (Å²) in [6.07, 6.45) is -2.25. The van der Waals surface area contributed by atoms with Crippen molar-refractivity contribution < 1.29 is 22.6 Å². The molecule has 3 aromatic carbocycles. The summed E-state index contributed by atoms with van der Waals surface area (Å²) >= 11 is 0. The van der Waals surface area contributed by atoms with E-state index in [0.717, 1.165) is 53.0 Å². The molecule has 5 rings (SSSR count). The van der Waals surface area contributed by atoms with Crippen molar-refractivity contribution in [3.63, 3.8) is 0 Å². The Labute approximate surface area is 208 Å². The van der Waals surface area contributed by atoms with Gasteiger partial charge in [-0.1, -0.05) is 36.4 Å². The van der Waals surface area contributed by atoms with Crippen LogP contribution in [0.4, 0.5) is 18.9 Å². The van der Waals surface area contributed by atoms with Gasteiger partial charge < -0.3 is 14.4 Å². The second kappa shape index (κ2) is 9.47. The number of para-hydroxylation sites is 1. The molecule has 1 fully saturated rings. The molecule has 1 saturated heterocycles. The molecule has 2 atom stereocenters. The lowest BCUT2D eigenvalue weighted by Gasteiger charge is -2.36. The first kappa shape index (κ1) is 24.1. The van der Waals surface area contributed by atoms with E-state index in [9.17, 15) is 13.2 Å². The number of morpholine rings is 1. The number of anilines is 1. The number of benzene rings is 3. The highest BCUT2D eigenvalue weighted by Gasteiger charge is 2.30. The number of methoxy groups -OCH3 is 1. The van der Waals surface area contributed by atoms with Crippen LogP contribution in [0.1, 0.15) is 19.4 Å². The molecule has 4 aromatic rings. The van der Waals surface area contributed by atoms with Crippen LogP contribution in [0.3, 0.4) is 0 Å². The zero-order chi connectivity index (χ0) is 25.4. The van der Waals surface area contributed by atoms with Crippen LogP contribution in [0.5, 0.6) is 5.75 Å². The molecule has 4 nitrogen and oxygen atoms in total. The fourth-order valence-electron chi connectivity index (χ4n) is 4.94. The van der Waals surface area contributed by atoms with E-state index in [2.05, 4.69) is 43.0 Å². The van der Waals surface area contributed by atoms with E-state index in [1.54, 1.807) is 13.3 Å². The summed E-state index contributed by atoms with van der Waals surface area (Å²) < 4.78 is 50.7. The van der Waals surface area contributed by atoms with E-state index in [1.165, 1.54) is 12.1 Å². The molecule has 0 bridgehead atoms. The lowest BCUT2D eigenvalue weighted by Crippen LogP contribution is -2.45. The van der Waals surface area contributed by atoms with Crippen molar-refractivity contribution in [3.05, 3.63) is 78.5 Å². The molecule has 0 radical (unpaired) electrons. The van der Waals surface area contributed by atoms with Crippen molar-refractivity contribution in [2.45, 2.75) is 32.2 Å². The number of halogens is 3. The Bertz CT molecular complexity index is 1360. The Kier molecular flexibility index (Phi) is 6.35. The molecule has 0 amide bonds. The van der Waals surface area contributed by atoms with Crippen LogP contribution < -0.4 is 9.64 Å². The van der Waals surface area contributed by atoms with E-state index in [-0.39, 0.29) is 12.2 Å². The van der Waals surface area contributed by atoms with Crippen LogP contribution in [-0.4, -0.2) is 37.4 Å². The van der Waals surface area contributed by atoms with E-state index in [1.807, 2.05) is 18.2 Å². The Morgan fingerprint density at radius 3 is 2.08 bits per heavy atom. The number of rotatable bonds is 4. The standard InChI is InChI=1S/C29H27F3N2O2/c1-18-16-34(17-19(2)36-18)23-13-9-21(10-14-23)26-15-33-27-24(5-4-6-25(27)28(26)35-3)20-7-11-22(12-8-20)29(30,31)32/h4-15,18-19H,16-17H2,1-3H3. The lowest BCUT2D eigenvalue weighted by atomic mass is 9.97. The van der Waals surface area contributed by atoms with Crippen LogP contribution >= 0.6 is 0 Å². The Morgan fingerprint density at radius 2 is 1.47 bits per heavy atom. The molecule has 1 aliphatic rings. The minimum Gasteiger partial charge on any atom is -0.495 e. The molecule has 36 heavy (non-hydrogen) atoms. The zero-order valence-electron chi connectivity index (χ0n) is 20.3. The van der Waals surface area contributed by atoms with Gasteiger partial charge in [-0.05, 0) is 55.3 Å². The molecule has 2 unspecified atom stereocenters. The summed E-state index contributed by atoms with van der Waals surface area (Å²) in [4.78, 5) is 7.04. The van der Waals surface area contributed by atoms with Crippen LogP contribution in [0.2, 0.25) is 0 Å². The smallest absolute Gasteiger partial charge is 0.416 e. The first-order valence-corrected chi connectivity index (χ1v) is 11.9. The summed E-state index contributed by atoms with van der Waals surface area (Å²) in [5.41, 5.74) is 4.36. The van der Waals surface area contributed by atoms with Crippen molar-refractivity contribution >= 4 is 16.6 Å². The van der Waals surface area contributed by atoms with Gasteiger partial charge in [0.25, 0.3) is 0 Å². The first-order valence-electron chi connectivity index (χ1n) is 11.9. The van der Waals surface area contributed by atoms with Crippen molar-refractivity contribution in [1.82, 2.24) is 4.98 Å². The number of hydrogen-bond acceptors (Lipinski definition) is 4. The second-order valence-electron chi connectivity index (χ2n) is 9.19. The summed E-state index contributed by atoms with van der Waals surface area (Å²) in [6.45, 7) is 5.86. The average Bonchev–Trinajstić information content (AvgIpc) is 2.86. The molecule has 0 saturated carbocycles. The van der Waals surface area contributed by atoms with Gasteiger partial charge >= 0.3 is 6.18 Å². The van der Waals surface area contributed by atoms with Gasteiger partial charge in [-0.3, -0.25) is 4.98 Å². The fraction of sp³-hybridized carbons (Fsp3) is 0.276. The van der Waals surface area contributed by atoms with Crippen LogP contribution in [0.25, 0.3) is 33.2 Å². The Balaban J connectivity index is 1.51. The molecule has 0 spiro atoms. The van der Waals surface area contributed by atoms with Crippen molar-refractivity contribution in [3.8, 4) is 28.0 Å². The first-order chi connectivity index (χ1) is 17.2. The van der Waals surface area contributed by atoms with Gasteiger partial charge in [0.05, 0.1) is 30.4 Å². The molecular formula is C29H27F3N2O2. The maximum atomic E-state index is 13.0. The molecule has 186 valence electrons. The molecular weight excluding hydrogens is 465 g/mol. The van der Waals surface area contributed by atoms with Gasteiger partial charge in [-0.15, -0.1) is 0 Å². The van der Waals surface area contributed by atoms with Gasteiger partial charge in [-0.25, -0.2) is 0 Å². The van der Waals surface area contributed by atoms with Gasteiger partial charge in [0.1, 0.15) is 5.75 Å². The highest BCUT2D eigenvalue weighted by molar-refractivity contribution is 6.00. The lowest BCUT2D eigenvalue weighted by molar-refractivity contribution is -0.137. The van der Waals surface area contributed by atoms with Crippen LogP contribution in [-0.2, 0) is 10.9 Å². The highest BCUT2D eigenvalue weighted by Crippen LogP contribution is 2.40. The van der Waals surface area contributed by atoms with Crippen molar-refractivity contribution in [2.24, 2.45) is 0 Å². The number of ether oxygens (including phenoxy) is 2. The number of alkyl halides is 3. The average molecular weight is 493 g/mol. The van der Waals surface area contributed by atoms with Gasteiger partial charge in [0.2, 0.25) is 0 Å². The largest absolute Gasteiger partial charge is 0.495 e. The minimum absolute atomic E-state index is 0.178. The number of hydrogen-bond donors (Lipinski definition) is 0. The highest BCUT2D eigenvalue weighted by atomic mass is 19.4. The summed E-state index contributed by atoms with van der Waals surface area (Å²) in [5.74, 6) is 0.676. The zero-order valence-corrected chi connectivity index (χ0v) is 20.3. The van der Waals surface area contributed by atoms with E-state index < -0.39 is 11.7 Å². The second-order valence-corrected chi connectivity index (χ2v) is 9.19. The topological polar surface area (TPSA) is 34.6 Å². The van der Waals surface area contributed by atoms with E-state index in [4.69, 9.17) is 14.5 Å². The molecule has 1 aliphatic heterocycles. The van der Waals surface area contributed by atoms with Crippen LogP contribution in [0, 0.1) is 0 Å². The maximum absolute atomic E-state index is 13.0. The van der Waals surface area contributed by atoms with Crippen LogP contribution in [0.15, 0.2) is 72.9 Å². The predicted octanol–water partition coefficient (Wildman–Crippen LogP) is 7.21. The number of nitrogens with zero attached hydrogens (tertiary/aromatic N) is 2. The minimum atomic E-state index is -4.37. The molecule has 0 N–H and O–H groups in total. The van der Waals surface area contributed by atoms with Crippen molar-refractivity contribution in [2.75, 3.05) is 25.1 Å². The Morgan fingerprint density at radius 1 is 0.861 bits per heavy atom. The van der Waals surface area contributed by atoms with E-state index in [0.29, 0.717) is 16.8 Å². The van der Waals surface area contributed by atoms with Gasteiger partial charge in [0, 0.05) is 41.5 Å². The van der Waals surface area contributed by atoms with Gasteiger partial charge in [-0.2, -0.15) is 13.2 Å².